The summed E-state index contributed by atoms with van der Waals surface area (Å²) in [5, 5.41) is 3.42. The summed E-state index contributed by atoms with van der Waals surface area (Å²) < 4.78 is 22.2. The Kier molecular flexibility index (Phi) is 9.56. The second-order valence-corrected chi connectivity index (χ2v) is 10.7. The van der Waals surface area contributed by atoms with Crippen molar-refractivity contribution >= 4 is 40.8 Å². The molecule has 3 aromatic rings. The minimum Gasteiger partial charge on any atom is -0.464 e. The highest BCUT2D eigenvalue weighted by Crippen LogP contribution is 2.33. The van der Waals surface area contributed by atoms with Crippen molar-refractivity contribution in [2.24, 2.45) is 0 Å². The molecule has 0 atom stereocenters. The summed E-state index contributed by atoms with van der Waals surface area (Å²) in [6.45, 7) is 6.04. The number of nitrogens with zero attached hydrogens (tertiary/aromatic N) is 3. The Bertz CT molecular complexity index is 1360. The van der Waals surface area contributed by atoms with Gasteiger partial charge in [0.1, 0.15) is 18.1 Å². The predicted molar refractivity (Wildman–Crippen MR) is 155 cm³/mol. The molecular weight excluding hydrogens is 571 g/mol. The van der Waals surface area contributed by atoms with Crippen molar-refractivity contribution in [1.82, 2.24) is 14.7 Å². The highest BCUT2D eigenvalue weighted by molar-refractivity contribution is 6.39. The zero-order valence-corrected chi connectivity index (χ0v) is 24.2. The molecule has 2 aliphatic heterocycles. The van der Waals surface area contributed by atoms with Gasteiger partial charge in [-0.2, -0.15) is 0 Å². The molecule has 3 amide bonds. The van der Waals surface area contributed by atoms with Crippen LogP contribution in [0.15, 0.2) is 52.9 Å². The number of benzene rings is 2. The Morgan fingerprint density at radius 1 is 0.951 bits per heavy atom. The Labute approximate surface area is 248 Å². The van der Waals surface area contributed by atoms with Gasteiger partial charge in [0.15, 0.2) is 11.5 Å². The van der Waals surface area contributed by atoms with Crippen molar-refractivity contribution in [3.63, 3.8) is 0 Å². The molecule has 41 heavy (non-hydrogen) atoms. The first-order valence-electron chi connectivity index (χ1n) is 13.4. The molecule has 10 nitrogen and oxygen atoms in total. The first kappa shape index (κ1) is 29.1. The highest BCUT2D eigenvalue weighted by Gasteiger charge is 2.25. The van der Waals surface area contributed by atoms with E-state index in [4.69, 9.17) is 41.8 Å². The first-order valence-corrected chi connectivity index (χ1v) is 14.1. The Morgan fingerprint density at radius 3 is 2.44 bits per heavy atom. The van der Waals surface area contributed by atoms with Crippen LogP contribution in [0.3, 0.4) is 0 Å². The average Bonchev–Trinajstić information content (AvgIpc) is 3.61. The molecule has 1 saturated heterocycles. The normalized spacial score (nSPS) is 14.6. The number of furan rings is 1. The highest BCUT2D eigenvalue weighted by atomic mass is 35.5. The molecule has 0 unspecified atom stereocenters. The van der Waals surface area contributed by atoms with Crippen LogP contribution in [0.5, 0.6) is 11.5 Å². The molecule has 0 aliphatic carbocycles. The lowest BCUT2D eigenvalue weighted by atomic mass is 10.2. The molecule has 1 N–H and O–H groups in total. The average molecular weight is 604 g/mol. The van der Waals surface area contributed by atoms with Gasteiger partial charge in [-0.05, 0) is 48.9 Å². The van der Waals surface area contributed by atoms with Gasteiger partial charge in [0.2, 0.25) is 12.7 Å². The van der Waals surface area contributed by atoms with Crippen molar-refractivity contribution in [1.29, 1.82) is 0 Å². The van der Waals surface area contributed by atoms with Gasteiger partial charge in [-0.15, -0.1) is 0 Å². The van der Waals surface area contributed by atoms with E-state index >= 15 is 0 Å². The van der Waals surface area contributed by atoms with Crippen LogP contribution in [0.2, 0.25) is 10.0 Å². The van der Waals surface area contributed by atoms with Crippen LogP contribution in [0, 0.1) is 6.92 Å². The van der Waals surface area contributed by atoms with Crippen molar-refractivity contribution in [3.05, 3.63) is 75.7 Å². The number of nitrogens with one attached hydrogen (secondary N) is 1. The second-order valence-electron chi connectivity index (χ2n) is 9.85. The maximum atomic E-state index is 13.9. The van der Waals surface area contributed by atoms with Gasteiger partial charge in [0, 0.05) is 32.7 Å². The Hall–Kier alpha value is -3.44. The molecule has 12 heteroatoms. The van der Waals surface area contributed by atoms with Gasteiger partial charge in [-0.1, -0.05) is 35.3 Å². The minimum atomic E-state index is -0.474. The van der Waals surface area contributed by atoms with Gasteiger partial charge in [0.05, 0.1) is 35.5 Å². The number of hydrogen-bond donors (Lipinski definition) is 1. The van der Waals surface area contributed by atoms with Crippen LogP contribution in [-0.2, 0) is 22.6 Å². The minimum absolute atomic E-state index is 0.162. The van der Waals surface area contributed by atoms with E-state index in [0.29, 0.717) is 59.3 Å². The first-order chi connectivity index (χ1) is 19.9. The second kappa shape index (κ2) is 13.5. The van der Waals surface area contributed by atoms with Crippen molar-refractivity contribution < 1.29 is 28.2 Å². The van der Waals surface area contributed by atoms with Crippen LogP contribution in [0.25, 0.3) is 0 Å². The Balaban J connectivity index is 1.35. The summed E-state index contributed by atoms with van der Waals surface area (Å²) in [7, 11) is 0. The third kappa shape index (κ3) is 7.65. The molecule has 1 aromatic heterocycles. The largest absolute Gasteiger partial charge is 0.464 e. The van der Waals surface area contributed by atoms with Crippen molar-refractivity contribution in [2.45, 2.75) is 20.0 Å². The van der Waals surface area contributed by atoms with Crippen LogP contribution in [0.1, 0.15) is 17.1 Å². The van der Waals surface area contributed by atoms with E-state index in [2.05, 4.69) is 10.2 Å². The fourth-order valence-electron chi connectivity index (χ4n) is 4.66. The molecule has 0 spiro atoms. The zero-order valence-electron chi connectivity index (χ0n) is 22.7. The number of carbonyl (C=O) groups excluding carboxylic acids is 2. The van der Waals surface area contributed by atoms with E-state index < -0.39 is 6.03 Å². The Morgan fingerprint density at radius 2 is 1.71 bits per heavy atom. The van der Waals surface area contributed by atoms with Crippen molar-refractivity contribution in [3.8, 4) is 11.5 Å². The van der Waals surface area contributed by atoms with Gasteiger partial charge in [0.25, 0.3) is 0 Å². The number of halogens is 2. The molecule has 0 bridgehead atoms. The number of anilines is 1. The van der Waals surface area contributed by atoms with E-state index in [1.807, 2.05) is 37.3 Å². The summed E-state index contributed by atoms with van der Waals surface area (Å²) in [5.41, 5.74) is 1.16. The lowest BCUT2D eigenvalue weighted by Gasteiger charge is -2.31. The molecule has 5 rings (SSSR count). The number of fused-ring (bicyclic) bond motifs is 1. The molecule has 218 valence electrons. The quantitative estimate of drug-likeness (QED) is 0.348. The fourth-order valence-corrected chi connectivity index (χ4v) is 5.15. The summed E-state index contributed by atoms with van der Waals surface area (Å²) in [4.78, 5) is 32.7. The van der Waals surface area contributed by atoms with Gasteiger partial charge >= 0.3 is 6.03 Å². The number of para-hydroxylation sites is 1. The summed E-state index contributed by atoms with van der Waals surface area (Å²) in [5.74, 6) is 2.44. The summed E-state index contributed by atoms with van der Waals surface area (Å²) in [6.07, 6.45) is 0. The number of morpholine rings is 1. The number of hydrogen-bond acceptors (Lipinski definition) is 7. The third-order valence-electron chi connectivity index (χ3n) is 6.90. The zero-order chi connectivity index (χ0) is 28.8. The van der Waals surface area contributed by atoms with Crippen molar-refractivity contribution in [2.75, 3.05) is 58.0 Å². The molecule has 1 fully saturated rings. The van der Waals surface area contributed by atoms with Crippen LogP contribution >= 0.6 is 23.2 Å². The molecular formula is C29H32Cl2N4O6. The summed E-state index contributed by atoms with van der Waals surface area (Å²) in [6, 6.07) is 13.8. The third-order valence-corrected chi connectivity index (χ3v) is 7.53. The van der Waals surface area contributed by atoms with Gasteiger partial charge < -0.3 is 33.7 Å². The number of carbonyl (C=O) groups is 2. The fraction of sp³-hybridized carbons (Fsp3) is 0.379. The standard InChI is InChI=1S/C29H32Cl2N4O6/c1-20-5-7-22(41-20)17-35(16-21-6-8-25-26(15-21)40-19-39-25)27(36)18-34(10-9-33-11-13-38-14-12-33)29(37)32-28-23(30)3-2-4-24(28)31/h2-8,15H,9-14,16-19H2,1H3,(H,32,37). The predicted octanol–water partition coefficient (Wildman–Crippen LogP) is 5.02. The molecule has 3 heterocycles. The monoisotopic (exact) mass is 602 g/mol. The van der Waals surface area contributed by atoms with Crippen LogP contribution in [0.4, 0.5) is 10.5 Å². The number of amides is 3. The van der Waals surface area contributed by atoms with E-state index in [-0.39, 0.29) is 32.3 Å². The molecule has 2 aliphatic rings. The maximum Gasteiger partial charge on any atom is 0.322 e. The molecule has 0 saturated carbocycles. The number of urea groups is 1. The lowest BCUT2D eigenvalue weighted by molar-refractivity contribution is -0.133. The molecule has 0 radical (unpaired) electrons. The molecule has 2 aromatic carbocycles. The van der Waals surface area contributed by atoms with E-state index in [1.165, 1.54) is 4.90 Å². The van der Waals surface area contributed by atoms with E-state index in [1.54, 1.807) is 23.1 Å². The van der Waals surface area contributed by atoms with E-state index in [9.17, 15) is 9.59 Å². The number of ether oxygens (including phenoxy) is 3. The summed E-state index contributed by atoms with van der Waals surface area (Å²) >= 11 is 12.6. The number of rotatable bonds is 10. The lowest BCUT2D eigenvalue weighted by Crippen LogP contribution is -2.48. The SMILES string of the molecule is Cc1ccc(CN(Cc2ccc3c(c2)OCO3)C(=O)CN(CCN2CCOCC2)C(=O)Nc2c(Cl)cccc2Cl)o1. The van der Waals surface area contributed by atoms with E-state index in [0.717, 1.165) is 24.4 Å². The van der Waals surface area contributed by atoms with Crippen LogP contribution < -0.4 is 14.8 Å². The van der Waals surface area contributed by atoms with Gasteiger partial charge in [-0.25, -0.2) is 4.79 Å². The number of aryl methyl sites for hydroxylation is 1. The van der Waals surface area contributed by atoms with Gasteiger partial charge in [-0.3, -0.25) is 9.69 Å². The van der Waals surface area contributed by atoms with Crippen LogP contribution in [-0.4, -0.2) is 79.4 Å². The smallest absolute Gasteiger partial charge is 0.322 e. The topological polar surface area (TPSA) is 96.7 Å². The maximum absolute atomic E-state index is 13.9.